The summed E-state index contributed by atoms with van der Waals surface area (Å²) in [5.74, 6) is -0.110. The summed E-state index contributed by atoms with van der Waals surface area (Å²) in [7, 11) is 0. The van der Waals surface area contributed by atoms with Gasteiger partial charge in [-0.2, -0.15) is 0 Å². The van der Waals surface area contributed by atoms with Crippen molar-refractivity contribution >= 4 is 5.91 Å². The molecule has 3 unspecified atom stereocenters. The summed E-state index contributed by atoms with van der Waals surface area (Å²) < 4.78 is 0. The Labute approximate surface area is 257 Å². The van der Waals surface area contributed by atoms with Gasteiger partial charge >= 0.3 is 0 Å². The monoisotopic (exact) mass is 582 g/mol. The Morgan fingerprint density at radius 3 is 1.20 bits per heavy atom. The molecular weight excluding hydrogens is 506 g/mol. The molecule has 1 amide bonds. The second kappa shape index (κ2) is 32.3. The highest BCUT2D eigenvalue weighted by Gasteiger charge is 2.24. The van der Waals surface area contributed by atoms with Crippen LogP contribution in [0.1, 0.15) is 207 Å². The van der Waals surface area contributed by atoms with Gasteiger partial charge in [-0.15, -0.1) is 0 Å². The maximum absolute atomic E-state index is 12.4. The molecule has 0 aliphatic rings. The molecular formula is C37H75NO3. The van der Waals surface area contributed by atoms with Crippen LogP contribution < -0.4 is 5.32 Å². The van der Waals surface area contributed by atoms with Gasteiger partial charge in [0.15, 0.2) is 0 Å². The molecule has 0 rings (SSSR count). The number of carbonyl (C=O) groups excluding carboxylic acids is 1. The summed E-state index contributed by atoms with van der Waals surface area (Å²) in [6.07, 6.45) is 36.3. The van der Waals surface area contributed by atoms with E-state index in [9.17, 15) is 15.0 Å². The molecule has 0 aliphatic carbocycles. The molecule has 0 aromatic carbocycles. The molecule has 0 aromatic rings. The predicted octanol–water partition coefficient (Wildman–Crippen LogP) is 10.8. The topological polar surface area (TPSA) is 69.6 Å². The number of nitrogens with one attached hydrogen (secondary N) is 1. The van der Waals surface area contributed by atoms with Crippen molar-refractivity contribution in [3.8, 4) is 0 Å². The van der Waals surface area contributed by atoms with Crippen LogP contribution in [0.5, 0.6) is 0 Å². The van der Waals surface area contributed by atoms with Gasteiger partial charge in [-0.1, -0.05) is 188 Å². The van der Waals surface area contributed by atoms with Crippen LogP contribution >= 0.6 is 0 Å². The Balaban J connectivity index is 3.66. The van der Waals surface area contributed by atoms with Crippen LogP contribution in [0.2, 0.25) is 0 Å². The Hall–Kier alpha value is -0.610. The average molecular weight is 582 g/mol. The summed E-state index contributed by atoms with van der Waals surface area (Å²) in [4.78, 5) is 12.4. The van der Waals surface area contributed by atoms with Crippen LogP contribution in [0, 0.1) is 5.92 Å². The SMILES string of the molecule is CCCCCCCCCCCCCCCCCC(=O)NC(CO)C(C)C(O)CCCCCCCCCCCCCC. The van der Waals surface area contributed by atoms with Crippen molar-refractivity contribution < 1.29 is 15.0 Å². The molecule has 4 heteroatoms. The fourth-order valence-electron chi connectivity index (χ4n) is 6.00. The molecule has 0 radical (unpaired) electrons. The molecule has 246 valence electrons. The van der Waals surface area contributed by atoms with Crippen LogP contribution in [0.25, 0.3) is 0 Å². The van der Waals surface area contributed by atoms with Crippen LogP contribution in [0.15, 0.2) is 0 Å². The number of amides is 1. The molecule has 0 heterocycles. The summed E-state index contributed by atoms with van der Waals surface area (Å²) in [5, 5.41) is 23.5. The van der Waals surface area contributed by atoms with E-state index in [-0.39, 0.29) is 24.5 Å². The number of rotatable bonds is 33. The van der Waals surface area contributed by atoms with Crippen molar-refractivity contribution in [2.45, 2.75) is 219 Å². The molecule has 3 N–H and O–H groups in total. The normalized spacial score (nSPS) is 13.8. The molecule has 41 heavy (non-hydrogen) atoms. The van der Waals surface area contributed by atoms with Crippen molar-refractivity contribution in [2.24, 2.45) is 5.92 Å². The first-order chi connectivity index (χ1) is 20.1. The van der Waals surface area contributed by atoms with Crippen molar-refractivity contribution in [3.63, 3.8) is 0 Å². The van der Waals surface area contributed by atoms with Gasteiger partial charge in [-0.25, -0.2) is 0 Å². The fourth-order valence-corrected chi connectivity index (χ4v) is 6.00. The van der Waals surface area contributed by atoms with Gasteiger partial charge in [0.25, 0.3) is 0 Å². The molecule has 0 bridgehead atoms. The molecule has 4 nitrogen and oxygen atoms in total. The number of aliphatic hydroxyl groups is 2. The average Bonchev–Trinajstić information content (AvgIpc) is 2.97. The third kappa shape index (κ3) is 27.9. The lowest BCUT2D eigenvalue weighted by atomic mass is 9.92. The summed E-state index contributed by atoms with van der Waals surface area (Å²) in [6.45, 7) is 6.40. The fraction of sp³-hybridized carbons (Fsp3) is 0.973. The van der Waals surface area contributed by atoms with Crippen molar-refractivity contribution in [1.29, 1.82) is 0 Å². The van der Waals surface area contributed by atoms with Crippen LogP contribution in [0.3, 0.4) is 0 Å². The number of aliphatic hydroxyl groups excluding tert-OH is 2. The zero-order valence-corrected chi connectivity index (χ0v) is 28.2. The molecule has 0 saturated heterocycles. The summed E-state index contributed by atoms with van der Waals surface area (Å²) in [6, 6.07) is -0.355. The van der Waals surface area contributed by atoms with Crippen LogP contribution in [-0.4, -0.2) is 34.9 Å². The van der Waals surface area contributed by atoms with E-state index in [1.807, 2.05) is 6.92 Å². The van der Waals surface area contributed by atoms with Crippen molar-refractivity contribution in [3.05, 3.63) is 0 Å². The first kappa shape index (κ1) is 40.4. The molecule has 0 spiro atoms. The van der Waals surface area contributed by atoms with Gasteiger partial charge in [0.2, 0.25) is 5.91 Å². The van der Waals surface area contributed by atoms with E-state index >= 15 is 0 Å². The van der Waals surface area contributed by atoms with E-state index in [0.717, 1.165) is 32.1 Å². The van der Waals surface area contributed by atoms with Crippen LogP contribution in [-0.2, 0) is 4.79 Å². The maximum Gasteiger partial charge on any atom is 0.220 e. The first-order valence-corrected chi connectivity index (χ1v) is 18.6. The number of hydrogen-bond acceptors (Lipinski definition) is 3. The largest absolute Gasteiger partial charge is 0.394 e. The van der Waals surface area contributed by atoms with E-state index in [1.165, 1.54) is 148 Å². The molecule has 0 saturated carbocycles. The molecule has 0 aliphatic heterocycles. The van der Waals surface area contributed by atoms with E-state index < -0.39 is 6.10 Å². The van der Waals surface area contributed by atoms with Gasteiger partial charge in [0.05, 0.1) is 18.8 Å². The Kier molecular flexibility index (Phi) is 31.8. The van der Waals surface area contributed by atoms with Gasteiger partial charge < -0.3 is 15.5 Å². The summed E-state index contributed by atoms with van der Waals surface area (Å²) in [5.41, 5.74) is 0. The minimum Gasteiger partial charge on any atom is -0.394 e. The molecule has 0 aromatic heterocycles. The predicted molar refractivity (Wildman–Crippen MR) is 179 cm³/mol. The Bertz CT molecular complexity index is 526. The highest BCUT2D eigenvalue weighted by Crippen LogP contribution is 2.18. The zero-order valence-electron chi connectivity index (χ0n) is 28.2. The number of hydrogen-bond donors (Lipinski definition) is 3. The number of carbonyl (C=O) groups is 1. The first-order valence-electron chi connectivity index (χ1n) is 18.6. The van der Waals surface area contributed by atoms with E-state index in [2.05, 4.69) is 19.2 Å². The Morgan fingerprint density at radius 2 is 0.854 bits per heavy atom. The van der Waals surface area contributed by atoms with Crippen molar-refractivity contribution in [2.75, 3.05) is 6.61 Å². The zero-order chi connectivity index (χ0) is 30.2. The number of unbranched alkanes of at least 4 members (excludes halogenated alkanes) is 25. The third-order valence-electron chi connectivity index (χ3n) is 9.15. The maximum atomic E-state index is 12.4. The second-order valence-corrected chi connectivity index (χ2v) is 13.2. The lowest BCUT2D eigenvalue weighted by molar-refractivity contribution is -0.123. The lowest BCUT2D eigenvalue weighted by Crippen LogP contribution is -2.45. The van der Waals surface area contributed by atoms with E-state index in [0.29, 0.717) is 6.42 Å². The molecule has 0 fully saturated rings. The van der Waals surface area contributed by atoms with E-state index in [1.54, 1.807) is 0 Å². The van der Waals surface area contributed by atoms with Gasteiger partial charge in [-0.3, -0.25) is 4.79 Å². The highest BCUT2D eigenvalue weighted by atomic mass is 16.3. The van der Waals surface area contributed by atoms with Crippen LogP contribution in [0.4, 0.5) is 0 Å². The summed E-state index contributed by atoms with van der Waals surface area (Å²) >= 11 is 0. The quantitative estimate of drug-likeness (QED) is 0.0675. The highest BCUT2D eigenvalue weighted by molar-refractivity contribution is 5.76. The minimum absolute atomic E-state index is 0.0168. The smallest absolute Gasteiger partial charge is 0.220 e. The van der Waals surface area contributed by atoms with E-state index in [4.69, 9.17) is 0 Å². The van der Waals surface area contributed by atoms with Crippen molar-refractivity contribution in [1.82, 2.24) is 5.32 Å². The van der Waals surface area contributed by atoms with Gasteiger partial charge in [-0.05, 0) is 12.8 Å². The second-order valence-electron chi connectivity index (χ2n) is 13.2. The van der Waals surface area contributed by atoms with Gasteiger partial charge in [0, 0.05) is 12.3 Å². The standard InChI is InChI=1S/C37H75NO3/c1-4-6-8-10-12-14-16-18-19-20-22-24-26-28-30-32-37(41)38-35(33-39)34(3)36(40)31-29-27-25-23-21-17-15-13-11-9-7-5-2/h34-36,39-40H,4-33H2,1-3H3,(H,38,41). The Morgan fingerprint density at radius 1 is 0.537 bits per heavy atom. The minimum atomic E-state index is -0.471. The lowest BCUT2D eigenvalue weighted by Gasteiger charge is -2.27. The van der Waals surface area contributed by atoms with Gasteiger partial charge in [0.1, 0.15) is 0 Å². The molecule has 3 atom stereocenters. The third-order valence-corrected chi connectivity index (χ3v) is 9.15.